The smallest absolute Gasteiger partial charge is 0.223 e. The van der Waals surface area contributed by atoms with Crippen molar-refractivity contribution < 1.29 is 4.79 Å². The van der Waals surface area contributed by atoms with E-state index in [0.717, 1.165) is 51.9 Å². The van der Waals surface area contributed by atoms with E-state index < -0.39 is 0 Å². The first-order chi connectivity index (χ1) is 13.6. The largest absolute Gasteiger partial charge is 0.356 e. The van der Waals surface area contributed by atoms with Crippen LogP contribution >= 0.6 is 0 Å². The predicted octanol–water partition coefficient (Wildman–Crippen LogP) is 4.77. The molecule has 1 aliphatic rings. The van der Waals surface area contributed by atoms with E-state index in [0.29, 0.717) is 5.92 Å². The van der Waals surface area contributed by atoms with Gasteiger partial charge in [0.1, 0.15) is 0 Å². The fourth-order valence-corrected chi connectivity index (χ4v) is 3.91. The lowest BCUT2D eigenvalue weighted by Crippen LogP contribution is -2.40. The molecule has 0 radical (unpaired) electrons. The number of nitrogens with one attached hydrogen (secondary N) is 1. The van der Waals surface area contributed by atoms with Gasteiger partial charge < -0.3 is 5.32 Å². The second kappa shape index (κ2) is 10.4. The van der Waals surface area contributed by atoms with Gasteiger partial charge in [-0.25, -0.2) is 0 Å². The maximum atomic E-state index is 12.5. The van der Waals surface area contributed by atoms with Gasteiger partial charge in [-0.2, -0.15) is 0 Å². The van der Waals surface area contributed by atoms with E-state index in [4.69, 9.17) is 0 Å². The lowest BCUT2D eigenvalue weighted by atomic mass is 9.95. The number of amides is 1. The Morgan fingerprint density at radius 3 is 2.32 bits per heavy atom. The molecule has 1 N–H and O–H groups in total. The van der Waals surface area contributed by atoms with Gasteiger partial charge in [0.2, 0.25) is 5.91 Å². The van der Waals surface area contributed by atoms with Gasteiger partial charge in [-0.15, -0.1) is 0 Å². The van der Waals surface area contributed by atoms with Gasteiger partial charge in [-0.05, 0) is 61.4 Å². The van der Waals surface area contributed by atoms with Crippen LogP contribution in [0.3, 0.4) is 0 Å². The Kier molecular flexibility index (Phi) is 7.67. The topological polar surface area (TPSA) is 32.3 Å². The molecule has 0 bridgehead atoms. The number of carbonyl (C=O) groups is 1. The molecule has 3 heteroatoms. The second-order valence-electron chi connectivity index (χ2n) is 8.33. The number of hydrogen-bond donors (Lipinski definition) is 1. The summed E-state index contributed by atoms with van der Waals surface area (Å²) in [6, 6.07) is 19.5. The molecular weight excluding hydrogens is 344 g/mol. The zero-order valence-electron chi connectivity index (χ0n) is 17.4. The molecule has 1 amide bonds. The van der Waals surface area contributed by atoms with Gasteiger partial charge >= 0.3 is 0 Å². The van der Waals surface area contributed by atoms with Crippen molar-refractivity contribution in [3.05, 3.63) is 71.3 Å². The molecule has 3 rings (SSSR count). The highest BCUT2D eigenvalue weighted by atomic mass is 16.1. The summed E-state index contributed by atoms with van der Waals surface area (Å²) in [4.78, 5) is 14.9. The van der Waals surface area contributed by atoms with Gasteiger partial charge in [0.15, 0.2) is 0 Å². The summed E-state index contributed by atoms with van der Waals surface area (Å²) >= 11 is 0. The minimum atomic E-state index is 0.178. The number of hydrogen-bond acceptors (Lipinski definition) is 2. The van der Waals surface area contributed by atoms with E-state index in [9.17, 15) is 4.79 Å². The van der Waals surface area contributed by atoms with Crippen LogP contribution in [0.25, 0.3) is 0 Å². The van der Waals surface area contributed by atoms with Crippen molar-refractivity contribution in [2.75, 3.05) is 19.6 Å². The van der Waals surface area contributed by atoms with Crippen LogP contribution in [0.4, 0.5) is 0 Å². The lowest BCUT2D eigenvalue weighted by molar-refractivity contribution is -0.126. The van der Waals surface area contributed by atoms with Crippen LogP contribution < -0.4 is 5.32 Å². The molecule has 1 saturated heterocycles. The van der Waals surface area contributed by atoms with Crippen molar-refractivity contribution in [2.24, 2.45) is 5.92 Å². The second-order valence-corrected chi connectivity index (χ2v) is 8.33. The van der Waals surface area contributed by atoms with Crippen LogP contribution in [0.1, 0.15) is 55.7 Å². The van der Waals surface area contributed by atoms with E-state index in [2.05, 4.69) is 78.7 Å². The highest BCUT2D eigenvalue weighted by Gasteiger charge is 2.24. The Balaban J connectivity index is 1.32. The Hall–Kier alpha value is -2.13. The van der Waals surface area contributed by atoms with Gasteiger partial charge in [0.25, 0.3) is 0 Å². The number of piperidine rings is 1. The summed E-state index contributed by atoms with van der Waals surface area (Å²) < 4.78 is 0. The summed E-state index contributed by atoms with van der Waals surface area (Å²) in [7, 11) is 0. The highest BCUT2D eigenvalue weighted by Crippen LogP contribution is 2.19. The first kappa shape index (κ1) is 20.6. The van der Waals surface area contributed by atoms with E-state index in [1.807, 2.05) is 0 Å². The fraction of sp³-hybridized carbons (Fsp3) is 0.480. The molecule has 1 aliphatic heterocycles. The van der Waals surface area contributed by atoms with Crippen molar-refractivity contribution in [3.63, 3.8) is 0 Å². The Bertz CT molecular complexity index is 716. The van der Waals surface area contributed by atoms with Crippen molar-refractivity contribution in [3.8, 4) is 0 Å². The van der Waals surface area contributed by atoms with Crippen molar-refractivity contribution >= 4 is 5.91 Å². The minimum Gasteiger partial charge on any atom is -0.356 e. The maximum absolute atomic E-state index is 12.5. The van der Waals surface area contributed by atoms with Crippen LogP contribution in [0.5, 0.6) is 0 Å². The number of aryl methyl sites for hydroxylation is 1. The summed E-state index contributed by atoms with van der Waals surface area (Å²) in [5, 5.41) is 3.16. The molecule has 2 aromatic carbocycles. The number of nitrogens with zero attached hydrogens (tertiary/aromatic N) is 1. The van der Waals surface area contributed by atoms with Crippen LogP contribution in [-0.4, -0.2) is 30.4 Å². The third-order valence-corrected chi connectivity index (χ3v) is 5.80. The Labute approximate surface area is 170 Å². The molecule has 3 nitrogen and oxygen atoms in total. The molecule has 0 aromatic heterocycles. The SMILES string of the molecule is CC(C)c1ccc(CCCNC(=O)C2CCN(Cc3ccccc3)CC2)cc1. The molecular formula is C25H34N2O. The maximum Gasteiger partial charge on any atom is 0.223 e. The number of likely N-dealkylation sites (tertiary alicyclic amines) is 1. The van der Waals surface area contributed by atoms with E-state index in [1.165, 1.54) is 16.7 Å². The summed E-state index contributed by atoms with van der Waals surface area (Å²) in [6.07, 6.45) is 3.96. The molecule has 1 heterocycles. The monoisotopic (exact) mass is 378 g/mol. The fourth-order valence-electron chi connectivity index (χ4n) is 3.91. The van der Waals surface area contributed by atoms with Gasteiger partial charge in [-0.1, -0.05) is 68.4 Å². The van der Waals surface area contributed by atoms with Crippen molar-refractivity contribution in [1.29, 1.82) is 0 Å². The third kappa shape index (κ3) is 6.20. The summed E-state index contributed by atoms with van der Waals surface area (Å²) in [5.41, 5.74) is 4.09. The average Bonchev–Trinajstić information content (AvgIpc) is 2.72. The average molecular weight is 379 g/mol. The molecule has 0 spiro atoms. The first-order valence-electron chi connectivity index (χ1n) is 10.7. The summed E-state index contributed by atoms with van der Waals surface area (Å²) in [5.74, 6) is 0.999. The highest BCUT2D eigenvalue weighted by molar-refractivity contribution is 5.78. The third-order valence-electron chi connectivity index (χ3n) is 5.80. The molecule has 28 heavy (non-hydrogen) atoms. The molecule has 150 valence electrons. The Morgan fingerprint density at radius 1 is 1.00 bits per heavy atom. The molecule has 1 fully saturated rings. The van der Waals surface area contributed by atoms with Crippen LogP contribution in [0.15, 0.2) is 54.6 Å². The predicted molar refractivity (Wildman–Crippen MR) is 116 cm³/mol. The molecule has 0 atom stereocenters. The minimum absolute atomic E-state index is 0.178. The van der Waals surface area contributed by atoms with E-state index in [-0.39, 0.29) is 11.8 Å². The number of carbonyl (C=O) groups excluding carboxylic acids is 1. The molecule has 0 aliphatic carbocycles. The standard InChI is InChI=1S/C25H34N2O/c1-20(2)23-12-10-21(11-13-23)9-6-16-26-25(28)24-14-17-27(18-15-24)19-22-7-4-3-5-8-22/h3-5,7-8,10-13,20,24H,6,9,14-19H2,1-2H3,(H,26,28). The van der Waals surface area contributed by atoms with Gasteiger partial charge in [-0.3, -0.25) is 9.69 Å². The summed E-state index contributed by atoms with van der Waals surface area (Å²) in [6.45, 7) is 8.22. The Morgan fingerprint density at radius 2 is 1.68 bits per heavy atom. The van der Waals surface area contributed by atoms with E-state index in [1.54, 1.807) is 0 Å². The number of benzene rings is 2. The zero-order valence-corrected chi connectivity index (χ0v) is 17.4. The van der Waals surface area contributed by atoms with Gasteiger partial charge in [0.05, 0.1) is 0 Å². The quantitative estimate of drug-likeness (QED) is 0.671. The normalized spacial score (nSPS) is 15.7. The lowest BCUT2D eigenvalue weighted by Gasteiger charge is -2.31. The molecule has 2 aromatic rings. The van der Waals surface area contributed by atoms with Crippen LogP contribution in [0, 0.1) is 5.92 Å². The molecule has 0 saturated carbocycles. The van der Waals surface area contributed by atoms with Crippen LogP contribution in [0.2, 0.25) is 0 Å². The zero-order chi connectivity index (χ0) is 19.8. The van der Waals surface area contributed by atoms with Crippen molar-refractivity contribution in [2.45, 2.75) is 52.0 Å². The van der Waals surface area contributed by atoms with Gasteiger partial charge in [0, 0.05) is 19.0 Å². The first-order valence-corrected chi connectivity index (χ1v) is 10.7. The van der Waals surface area contributed by atoms with Crippen LogP contribution in [-0.2, 0) is 17.8 Å². The van der Waals surface area contributed by atoms with E-state index >= 15 is 0 Å². The molecule has 0 unspecified atom stereocenters. The van der Waals surface area contributed by atoms with Crippen molar-refractivity contribution in [1.82, 2.24) is 10.2 Å². The number of rotatable bonds is 8.